The van der Waals surface area contributed by atoms with Crippen molar-refractivity contribution < 1.29 is 14.3 Å². The van der Waals surface area contributed by atoms with Crippen molar-refractivity contribution in [3.63, 3.8) is 0 Å². The fraction of sp³-hybridized carbons (Fsp3) is 0.136. The van der Waals surface area contributed by atoms with Gasteiger partial charge < -0.3 is 19.8 Å². The number of aromatic nitrogens is 4. The first-order chi connectivity index (χ1) is 16.4. The molecular weight excluding hydrogens is 476 g/mol. The molecular formula is C22H20N6O4S2. The molecule has 0 atom stereocenters. The number of hydrogen-bond acceptors (Lipinski definition) is 9. The van der Waals surface area contributed by atoms with Crippen molar-refractivity contribution >= 4 is 41.0 Å². The van der Waals surface area contributed by atoms with Gasteiger partial charge in [0.1, 0.15) is 0 Å². The summed E-state index contributed by atoms with van der Waals surface area (Å²) in [6.07, 6.45) is 0. The summed E-state index contributed by atoms with van der Waals surface area (Å²) in [4.78, 5) is 38.2. The van der Waals surface area contributed by atoms with E-state index in [2.05, 4.69) is 20.3 Å². The number of nitrogens with zero attached hydrogens (tertiary/aromatic N) is 3. The highest BCUT2D eigenvalue weighted by molar-refractivity contribution is 7.97. The second-order valence-electron chi connectivity index (χ2n) is 7.03. The number of amides is 1. The Labute approximate surface area is 203 Å². The maximum absolute atomic E-state index is 13.2. The predicted molar refractivity (Wildman–Crippen MR) is 131 cm³/mol. The van der Waals surface area contributed by atoms with Gasteiger partial charge in [-0.3, -0.25) is 14.7 Å². The summed E-state index contributed by atoms with van der Waals surface area (Å²) in [6.45, 7) is 0.346. The van der Waals surface area contributed by atoms with Crippen LogP contribution in [0.25, 0.3) is 16.9 Å². The van der Waals surface area contributed by atoms with E-state index in [9.17, 15) is 9.59 Å². The molecule has 2 aromatic carbocycles. The Bertz CT molecular complexity index is 1460. The first-order valence-electron chi connectivity index (χ1n) is 9.94. The Balaban J connectivity index is 1.64. The number of H-pyrrole nitrogens is 1. The molecule has 0 saturated heterocycles. The molecule has 0 saturated carbocycles. The van der Waals surface area contributed by atoms with Gasteiger partial charge in [-0.25, -0.2) is 4.57 Å². The molecule has 0 unspecified atom stereocenters. The van der Waals surface area contributed by atoms with E-state index in [1.54, 1.807) is 18.2 Å². The third-order valence-electron chi connectivity index (χ3n) is 4.96. The number of fused-ring (bicyclic) bond motifs is 1. The molecule has 4 rings (SSSR count). The second kappa shape index (κ2) is 10.0. The number of carbonyl (C=O) groups is 1. The van der Waals surface area contributed by atoms with Crippen LogP contribution < -0.4 is 25.5 Å². The molecule has 34 heavy (non-hydrogen) atoms. The van der Waals surface area contributed by atoms with Gasteiger partial charge in [0.05, 0.1) is 31.2 Å². The molecule has 4 N–H and O–H groups in total. The summed E-state index contributed by atoms with van der Waals surface area (Å²) in [5, 5.41) is 8.70. The molecule has 12 heteroatoms. The van der Waals surface area contributed by atoms with E-state index in [1.165, 1.54) is 20.3 Å². The van der Waals surface area contributed by atoms with Crippen molar-refractivity contribution in [3.05, 3.63) is 74.8 Å². The number of hydrogen-bond donors (Lipinski definition) is 3. The van der Waals surface area contributed by atoms with E-state index in [-0.39, 0.29) is 28.4 Å². The predicted octanol–water partition coefficient (Wildman–Crippen LogP) is 2.75. The molecule has 174 valence electrons. The molecule has 0 aliphatic carbocycles. The molecule has 4 aromatic rings. The Hall–Kier alpha value is -3.74. The van der Waals surface area contributed by atoms with Crippen LogP contribution in [-0.4, -0.2) is 39.6 Å². The third kappa shape index (κ3) is 4.78. The fourth-order valence-electron chi connectivity index (χ4n) is 3.21. The number of aromatic amines is 1. The van der Waals surface area contributed by atoms with E-state index in [0.29, 0.717) is 23.0 Å². The first-order valence-corrected chi connectivity index (χ1v) is 11.2. The van der Waals surface area contributed by atoms with Crippen molar-refractivity contribution in [1.29, 1.82) is 0 Å². The zero-order valence-corrected chi connectivity index (χ0v) is 19.8. The van der Waals surface area contributed by atoms with Crippen LogP contribution >= 0.6 is 24.2 Å². The van der Waals surface area contributed by atoms with Crippen LogP contribution in [0.1, 0.15) is 15.9 Å². The Morgan fingerprint density at radius 2 is 1.79 bits per heavy atom. The Morgan fingerprint density at radius 1 is 1.12 bits per heavy atom. The maximum Gasteiger partial charge on any atom is 0.269 e. The smallest absolute Gasteiger partial charge is 0.269 e. The van der Waals surface area contributed by atoms with Crippen LogP contribution in [0.5, 0.6) is 11.8 Å². The molecule has 0 fully saturated rings. The van der Waals surface area contributed by atoms with Gasteiger partial charge in [0.2, 0.25) is 17.7 Å². The molecule has 0 aliphatic rings. The van der Waals surface area contributed by atoms with Gasteiger partial charge in [-0.2, -0.15) is 9.97 Å². The highest BCUT2D eigenvalue weighted by atomic mass is 32.2. The van der Waals surface area contributed by atoms with Gasteiger partial charge in [-0.15, -0.1) is 0 Å². The number of nitrogens with two attached hydrogens (primary N) is 1. The number of nitrogens with one attached hydrogen (secondary N) is 2. The van der Waals surface area contributed by atoms with Gasteiger partial charge in [0, 0.05) is 17.0 Å². The van der Waals surface area contributed by atoms with E-state index in [0.717, 1.165) is 27.0 Å². The lowest BCUT2D eigenvalue weighted by atomic mass is 10.1. The van der Waals surface area contributed by atoms with Crippen LogP contribution in [-0.2, 0) is 6.54 Å². The average molecular weight is 497 g/mol. The quantitative estimate of drug-likeness (QED) is 0.260. The standard InChI is InChI=1S/C22H20N6O4S2/c1-31-17-10-18(32-2)27-21(26-17)28-20(30)15-8-5-13(9-16(15)25-22(28)33)19(29)24-11-12-3-6-14(34-23)7-4-12/h3-10H,11,23H2,1-2H3,(H,24,29)(H,25,33). The SMILES string of the molecule is COc1cc(OC)nc(-n2c(=S)[nH]c3cc(C(=O)NCc4ccc(SN)cc4)ccc3c2=O)n1. The van der Waals surface area contributed by atoms with Crippen molar-refractivity contribution in [3.8, 4) is 17.7 Å². The normalized spacial score (nSPS) is 10.8. The number of ether oxygens (including phenoxy) is 2. The second-order valence-corrected chi connectivity index (χ2v) is 8.12. The summed E-state index contributed by atoms with van der Waals surface area (Å²) >= 11 is 6.55. The topological polar surface area (TPSA) is 137 Å². The lowest BCUT2D eigenvalue weighted by Gasteiger charge is -2.10. The van der Waals surface area contributed by atoms with Gasteiger partial charge >= 0.3 is 0 Å². The van der Waals surface area contributed by atoms with E-state index < -0.39 is 5.56 Å². The summed E-state index contributed by atoms with van der Waals surface area (Å²) < 4.78 is 11.5. The van der Waals surface area contributed by atoms with Gasteiger partial charge in [-0.05, 0) is 60.1 Å². The van der Waals surface area contributed by atoms with Crippen LogP contribution in [0, 0.1) is 4.77 Å². The fourth-order valence-corrected chi connectivity index (χ4v) is 3.78. The Morgan fingerprint density at radius 3 is 2.41 bits per heavy atom. The van der Waals surface area contributed by atoms with Gasteiger partial charge in [0.25, 0.3) is 11.5 Å². The van der Waals surface area contributed by atoms with Crippen molar-refractivity contribution in [2.24, 2.45) is 5.14 Å². The van der Waals surface area contributed by atoms with E-state index in [4.69, 9.17) is 26.8 Å². The highest BCUT2D eigenvalue weighted by Crippen LogP contribution is 2.18. The lowest BCUT2D eigenvalue weighted by Crippen LogP contribution is -2.24. The summed E-state index contributed by atoms with van der Waals surface area (Å²) in [5.41, 5.74) is 1.28. The van der Waals surface area contributed by atoms with Crippen LogP contribution in [0.15, 0.2) is 58.2 Å². The molecule has 0 bridgehead atoms. The summed E-state index contributed by atoms with van der Waals surface area (Å²) in [5.74, 6) is 0.145. The number of methoxy groups -OCH3 is 2. The number of benzene rings is 2. The van der Waals surface area contributed by atoms with Crippen LogP contribution in [0.4, 0.5) is 0 Å². The molecule has 2 heterocycles. The van der Waals surface area contributed by atoms with Crippen molar-refractivity contribution in [1.82, 2.24) is 24.8 Å². The molecule has 10 nitrogen and oxygen atoms in total. The minimum absolute atomic E-state index is 0.00484. The largest absolute Gasteiger partial charge is 0.481 e. The minimum Gasteiger partial charge on any atom is -0.481 e. The zero-order valence-electron chi connectivity index (χ0n) is 18.2. The average Bonchev–Trinajstić information content (AvgIpc) is 2.86. The molecule has 0 radical (unpaired) electrons. The maximum atomic E-state index is 13.2. The van der Waals surface area contributed by atoms with Crippen LogP contribution in [0.3, 0.4) is 0 Å². The lowest BCUT2D eigenvalue weighted by molar-refractivity contribution is 0.0951. The molecule has 2 aromatic heterocycles. The first kappa shape index (κ1) is 23.4. The third-order valence-corrected chi connectivity index (χ3v) is 5.79. The highest BCUT2D eigenvalue weighted by Gasteiger charge is 2.15. The van der Waals surface area contributed by atoms with Crippen LogP contribution in [0.2, 0.25) is 0 Å². The summed E-state index contributed by atoms with van der Waals surface area (Å²) in [6, 6.07) is 13.7. The van der Waals surface area contributed by atoms with Crippen molar-refractivity contribution in [2.75, 3.05) is 14.2 Å². The molecule has 0 spiro atoms. The van der Waals surface area contributed by atoms with Gasteiger partial charge in [0.15, 0.2) is 4.77 Å². The van der Waals surface area contributed by atoms with E-state index >= 15 is 0 Å². The minimum atomic E-state index is -0.445. The molecule has 0 aliphatic heterocycles. The van der Waals surface area contributed by atoms with Gasteiger partial charge in [-0.1, -0.05) is 12.1 Å². The zero-order chi connectivity index (χ0) is 24.2. The number of rotatable bonds is 7. The monoisotopic (exact) mass is 496 g/mol. The summed E-state index contributed by atoms with van der Waals surface area (Å²) in [7, 11) is 2.88. The van der Waals surface area contributed by atoms with E-state index in [1.807, 2.05) is 24.3 Å². The molecule has 1 amide bonds. The number of carbonyl (C=O) groups excluding carboxylic acids is 1. The Kier molecular flexibility index (Phi) is 6.91. The van der Waals surface area contributed by atoms with Crippen molar-refractivity contribution in [2.45, 2.75) is 11.4 Å².